The largest absolute Gasteiger partial charge is 0.469 e. The number of methoxy groups -OCH3 is 1. The maximum absolute atomic E-state index is 12.4. The molecule has 0 amide bonds. The van der Waals surface area contributed by atoms with Gasteiger partial charge in [-0.2, -0.15) is 0 Å². The molecule has 4 rings (SSSR count). The molecular weight excluding hydrogens is 456 g/mol. The average molecular weight is 499 g/mol. The van der Waals surface area contributed by atoms with E-state index in [0.29, 0.717) is 6.42 Å². The Morgan fingerprint density at radius 2 is 1.68 bits per heavy atom. The van der Waals surface area contributed by atoms with Gasteiger partial charge >= 0.3 is 5.97 Å². The quantitative estimate of drug-likeness (QED) is 0.269. The minimum atomic E-state index is -2.04. The Hall–Kier alpha value is -0.843. The highest BCUT2D eigenvalue weighted by Crippen LogP contribution is 2.48. The van der Waals surface area contributed by atoms with E-state index in [1.165, 1.54) is 13.5 Å². The van der Waals surface area contributed by atoms with Crippen LogP contribution in [0.2, 0.25) is 18.1 Å². The van der Waals surface area contributed by atoms with E-state index >= 15 is 0 Å². The van der Waals surface area contributed by atoms with Gasteiger partial charge in [-0.15, -0.1) is 0 Å². The summed E-state index contributed by atoms with van der Waals surface area (Å²) in [6, 6.07) is 2.87. The fourth-order valence-corrected chi connectivity index (χ4v) is 9.01. The Bertz CT molecular complexity index is 699. The minimum Gasteiger partial charge on any atom is -0.469 e. The lowest BCUT2D eigenvalue weighted by Crippen LogP contribution is -2.63. The number of aldehydes is 1. The predicted octanol–water partition coefficient (Wildman–Crippen LogP) is 3.90. The van der Waals surface area contributed by atoms with Crippen molar-refractivity contribution in [3.8, 4) is 0 Å². The van der Waals surface area contributed by atoms with Gasteiger partial charge in [0.25, 0.3) is 0 Å². The zero-order chi connectivity index (χ0) is 24.3. The summed E-state index contributed by atoms with van der Waals surface area (Å²) < 4.78 is 37.8. The van der Waals surface area contributed by atoms with Crippen LogP contribution in [0.4, 0.5) is 0 Å². The average Bonchev–Trinajstić information content (AvgIpc) is 3.24. The van der Waals surface area contributed by atoms with Crippen molar-refractivity contribution in [3.05, 3.63) is 0 Å². The summed E-state index contributed by atoms with van der Waals surface area (Å²) in [6.45, 7) is 6.47. The molecule has 0 bridgehead atoms. The van der Waals surface area contributed by atoms with Gasteiger partial charge in [0.05, 0.1) is 25.7 Å². The van der Waals surface area contributed by atoms with Crippen molar-refractivity contribution in [1.29, 1.82) is 0 Å². The van der Waals surface area contributed by atoms with Crippen molar-refractivity contribution in [1.82, 2.24) is 0 Å². The molecule has 0 aromatic rings. The standard InChI is InChI=1S/C25H42O8Si/c1-5-34(6-2,7-3)33-19(16-26)22-24-23(31-25(32-24)13-9-8-10-14-25)21-18(30-22)12-11-17(29-21)15-20(27)28-4/h16-19,21-24H,5-15H2,1-4H3/t17-,18+,19-,21+,22+,23+,24?/m1/s1. The topological polar surface area (TPSA) is 89.5 Å². The second kappa shape index (κ2) is 11.0. The van der Waals surface area contributed by atoms with Crippen LogP contribution in [0, 0.1) is 0 Å². The molecule has 9 heteroatoms. The fraction of sp³-hybridized carbons (Fsp3) is 0.920. The number of fused-ring (bicyclic) bond motifs is 3. The molecule has 4 fully saturated rings. The summed E-state index contributed by atoms with van der Waals surface area (Å²) in [7, 11) is -0.651. The molecule has 4 aliphatic rings. The molecule has 3 heterocycles. The van der Waals surface area contributed by atoms with Crippen LogP contribution in [0.1, 0.15) is 72.1 Å². The van der Waals surface area contributed by atoms with Gasteiger partial charge in [0.15, 0.2) is 14.1 Å². The molecule has 0 N–H and O–H groups in total. The molecule has 0 radical (unpaired) electrons. The molecule has 3 saturated heterocycles. The van der Waals surface area contributed by atoms with Gasteiger partial charge in [-0.05, 0) is 43.8 Å². The summed E-state index contributed by atoms with van der Waals surface area (Å²) in [5, 5.41) is 0. The highest BCUT2D eigenvalue weighted by Gasteiger charge is 2.61. The lowest BCUT2D eigenvalue weighted by Gasteiger charge is -2.48. The second-order valence-corrected chi connectivity index (χ2v) is 15.0. The maximum Gasteiger partial charge on any atom is 0.308 e. The summed E-state index contributed by atoms with van der Waals surface area (Å²) in [4.78, 5) is 24.3. The third kappa shape index (κ3) is 5.15. The minimum absolute atomic E-state index is 0.213. The molecule has 1 aliphatic carbocycles. The monoisotopic (exact) mass is 498 g/mol. The molecule has 1 unspecified atom stereocenters. The molecule has 8 nitrogen and oxygen atoms in total. The zero-order valence-corrected chi connectivity index (χ0v) is 22.2. The number of ether oxygens (including phenoxy) is 5. The summed E-state index contributed by atoms with van der Waals surface area (Å²) in [5.74, 6) is -0.929. The van der Waals surface area contributed by atoms with E-state index in [4.69, 9.17) is 28.1 Å². The molecule has 0 aromatic heterocycles. The third-order valence-electron chi connectivity index (χ3n) is 8.51. The van der Waals surface area contributed by atoms with Crippen molar-refractivity contribution in [2.24, 2.45) is 0 Å². The molecule has 34 heavy (non-hydrogen) atoms. The van der Waals surface area contributed by atoms with Gasteiger partial charge in [0.2, 0.25) is 0 Å². The first-order valence-electron chi connectivity index (χ1n) is 13.3. The maximum atomic E-state index is 12.4. The van der Waals surface area contributed by atoms with E-state index < -0.39 is 32.4 Å². The number of hydrogen-bond acceptors (Lipinski definition) is 8. The van der Waals surface area contributed by atoms with E-state index in [1.54, 1.807) is 0 Å². The van der Waals surface area contributed by atoms with Crippen LogP contribution in [-0.4, -0.2) is 76.2 Å². The highest BCUT2D eigenvalue weighted by molar-refractivity contribution is 6.73. The highest BCUT2D eigenvalue weighted by atomic mass is 28.4. The number of carbonyl (C=O) groups is 2. The van der Waals surface area contributed by atoms with Gasteiger partial charge in [-0.3, -0.25) is 4.79 Å². The van der Waals surface area contributed by atoms with E-state index in [1.807, 2.05) is 0 Å². The van der Waals surface area contributed by atoms with Crippen molar-refractivity contribution >= 4 is 20.6 Å². The lowest BCUT2D eigenvalue weighted by molar-refractivity contribution is -0.250. The first kappa shape index (κ1) is 26.2. The number of esters is 1. The van der Waals surface area contributed by atoms with Gasteiger partial charge in [0.1, 0.15) is 36.8 Å². The van der Waals surface area contributed by atoms with Crippen LogP contribution < -0.4 is 0 Å². The van der Waals surface area contributed by atoms with Crippen molar-refractivity contribution in [2.75, 3.05) is 7.11 Å². The van der Waals surface area contributed by atoms with E-state index in [-0.39, 0.29) is 36.8 Å². The molecule has 7 atom stereocenters. The van der Waals surface area contributed by atoms with Crippen molar-refractivity contribution < 1.29 is 37.7 Å². The van der Waals surface area contributed by atoms with E-state index in [9.17, 15) is 9.59 Å². The van der Waals surface area contributed by atoms with Crippen LogP contribution in [0.5, 0.6) is 0 Å². The van der Waals surface area contributed by atoms with Crippen LogP contribution in [0.3, 0.4) is 0 Å². The second-order valence-electron chi connectivity index (χ2n) is 10.3. The van der Waals surface area contributed by atoms with Gasteiger partial charge in [-0.1, -0.05) is 27.2 Å². The Balaban J connectivity index is 1.59. The number of rotatable bonds is 9. The van der Waals surface area contributed by atoms with Crippen LogP contribution in [0.15, 0.2) is 0 Å². The van der Waals surface area contributed by atoms with Gasteiger partial charge in [-0.25, -0.2) is 0 Å². The molecule has 3 aliphatic heterocycles. The van der Waals surface area contributed by atoms with Gasteiger partial charge in [0, 0.05) is 12.8 Å². The predicted molar refractivity (Wildman–Crippen MR) is 127 cm³/mol. The van der Waals surface area contributed by atoms with Crippen molar-refractivity contribution in [2.45, 2.75) is 139 Å². The van der Waals surface area contributed by atoms with Crippen LogP contribution >= 0.6 is 0 Å². The number of carbonyl (C=O) groups excluding carboxylic acids is 2. The lowest BCUT2D eigenvalue weighted by atomic mass is 9.87. The van der Waals surface area contributed by atoms with Crippen molar-refractivity contribution in [3.63, 3.8) is 0 Å². The SMILES string of the molecule is CC[Si](CC)(CC)O[C@H](C=O)[C@@H]1O[C@H]2CC[C@H](CC(=O)OC)O[C@@H]2[C@@H]2OC3(CCCCC3)OC21. The fourth-order valence-electron chi connectivity index (χ4n) is 6.24. The smallest absolute Gasteiger partial charge is 0.308 e. The van der Waals surface area contributed by atoms with Gasteiger partial charge < -0.3 is 32.9 Å². The first-order chi connectivity index (χ1) is 16.4. The van der Waals surface area contributed by atoms with Crippen LogP contribution in [-0.2, 0) is 37.7 Å². The Labute approximate surface area is 204 Å². The Morgan fingerprint density at radius 1 is 1.00 bits per heavy atom. The summed E-state index contributed by atoms with van der Waals surface area (Å²) in [6.07, 6.45) is 4.67. The van der Waals surface area contributed by atoms with E-state index in [2.05, 4.69) is 20.8 Å². The molecular formula is C25H42O8Si. The molecule has 1 spiro atoms. The third-order valence-corrected chi connectivity index (χ3v) is 13.1. The molecule has 0 aromatic carbocycles. The summed E-state index contributed by atoms with van der Waals surface area (Å²) >= 11 is 0. The summed E-state index contributed by atoms with van der Waals surface area (Å²) in [5.41, 5.74) is 0. The Kier molecular flexibility index (Phi) is 8.52. The Morgan fingerprint density at radius 3 is 2.29 bits per heavy atom. The van der Waals surface area contributed by atoms with Crippen LogP contribution in [0.25, 0.3) is 0 Å². The molecule has 194 valence electrons. The molecule has 1 saturated carbocycles. The first-order valence-corrected chi connectivity index (χ1v) is 15.8. The normalized spacial score (nSPS) is 35.9. The van der Waals surface area contributed by atoms with E-state index in [0.717, 1.165) is 56.5 Å². The zero-order valence-electron chi connectivity index (χ0n) is 21.2. The number of hydrogen-bond donors (Lipinski definition) is 0.